The molecule has 208 valence electrons. The summed E-state index contributed by atoms with van der Waals surface area (Å²) in [5.41, 5.74) is 10.7. The molecule has 1 atom stereocenters. The van der Waals surface area contributed by atoms with Crippen molar-refractivity contribution in [1.29, 1.82) is 0 Å². The van der Waals surface area contributed by atoms with Crippen LogP contribution < -0.4 is 16.6 Å². The van der Waals surface area contributed by atoms with Gasteiger partial charge in [0.15, 0.2) is 11.6 Å². The van der Waals surface area contributed by atoms with Crippen molar-refractivity contribution >= 4 is 22.5 Å². The second-order valence-electron chi connectivity index (χ2n) is 10.0. The highest BCUT2D eigenvalue weighted by Gasteiger charge is 2.21. The molecule has 0 aliphatic rings. The highest BCUT2D eigenvalue weighted by Crippen LogP contribution is 2.33. The lowest BCUT2D eigenvalue weighted by Gasteiger charge is -2.23. The molecule has 6 rings (SSSR count). The Morgan fingerprint density at radius 1 is 0.929 bits per heavy atom. The van der Waals surface area contributed by atoms with Crippen LogP contribution in [0, 0.1) is 12.7 Å². The fraction of sp³-hybridized carbons (Fsp3) is 0.0909. The largest absolute Gasteiger partial charge is 0.505 e. The van der Waals surface area contributed by atoms with Gasteiger partial charge in [0.05, 0.1) is 11.4 Å². The van der Waals surface area contributed by atoms with Crippen LogP contribution in [0.25, 0.3) is 38.7 Å². The normalized spacial score (nSPS) is 11.9. The molecule has 0 fully saturated rings. The van der Waals surface area contributed by atoms with E-state index in [1.54, 1.807) is 16.8 Å². The zero-order valence-electron chi connectivity index (χ0n) is 22.9. The average Bonchev–Trinajstić information content (AvgIpc) is 2.99. The molecule has 8 nitrogen and oxygen atoms in total. The number of hydrogen-bond acceptors (Lipinski definition) is 7. The number of rotatable bonds is 6. The van der Waals surface area contributed by atoms with E-state index in [0.717, 1.165) is 22.2 Å². The summed E-state index contributed by atoms with van der Waals surface area (Å²) in [5, 5.41) is 14.4. The quantitative estimate of drug-likeness (QED) is 0.216. The van der Waals surface area contributed by atoms with Crippen molar-refractivity contribution < 1.29 is 9.50 Å². The van der Waals surface area contributed by atoms with Gasteiger partial charge in [0, 0.05) is 35.0 Å². The minimum atomic E-state index is -0.768. The Hall–Kier alpha value is -5.57. The van der Waals surface area contributed by atoms with E-state index in [0.29, 0.717) is 33.7 Å². The summed E-state index contributed by atoms with van der Waals surface area (Å²) in [4.78, 5) is 27.2. The van der Waals surface area contributed by atoms with Gasteiger partial charge in [-0.25, -0.2) is 9.37 Å². The van der Waals surface area contributed by atoms with Gasteiger partial charge in [0.25, 0.3) is 5.56 Å². The molecular formula is C33H27FN6O2. The Bertz CT molecular complexity index is 2010. The third-order valence-corrected chi connectivity index (χ3v) is 7.16. The Kier molecular flexibility index (Phi) is 6.84. The number of nitrogen functional groups attached to an aromatic ring is 1. The van der Waals surface area contributed by atoms with Crippen LogP contribution in [0.4, 0.5) is 16.2 Å². The van der Waals surface area contributed by atoms with E-state index in [4.69, 9.17) is 5.73 Å². The summed E-state index contributed by atoms with van der Waals surface area (Å²) in [6.07, 6.45) is 3.24. The second-order valence-corrected chi connectivity index (χ2v) is 10.0. The van der Waals surface area contributed by atoms with Gasteiger partial charge in [-0.05, 0) is 78.4 Å². The summed E-state index contributed by atoms with van der Waals surface area (Å²) in [7, 11) is 0. The first kappa shape index (κ1) is 26.6. The summed E-state index contributed by atoms with van der Waals surface area (Å²) in [5.74, 6) is -0.838. The molecule has 3 aromatic carbocycles. The molecule has 42 heavy (non-hydrogen) atoms. The predicted molar refractivity (Wildman–Crippen MR) is 163 cm³/mol. The monoisotopic (exact) mass is 558 g/mol. The number of hydrogen-bond donors (Lipinski definition) is 3. The number of aromatic nitrogens is 4. The van der Waals surface area contributed by atoms with E-state index >= 15 is 0 Å². The smallest absolute Gasteiger partial charge is 0.263 e. The molecule has 0 unspecified atom stereocenters. The number of fused-ring (bicyclic) bond motifs is 1. The molecule has 3 aromatic heterocycles. The first-order valence-electron chi connectivity index (χ1n) is 13.3. The molecule has 0 spiro atoms. The number of anilines is 2. The molecule has 6 aromatic rings. The molecule has 0 saturated heterocycles. The van der Waals surface area contributed by atoms with E-state index in [9.17, 15) is 14.3 Å². The molecule has 0 aliphatic heterocycles. The molecule has 0 aliphatic carbocycles. The van der Waals surface area contributed by atoms with Crippen molar-refractivity contribution in [2.45, 2.75) is 19.9 Å². The Balaban J connectivity index is 1.53. The Morgan fingerprint density at radius 3 is 2.48 bits per heavy atom. The van der Waals surface area contributed by atoms with E-state index in [2.05, 4.69) is 20.3 Å². The highest BCUT2D eigenvalue weighted by molar-refractivity contribution is 5.96. The topological polar surface area (TPSA) is 119 Å². The minimum absolute atomic E-state index is 0.0314. The number of aryl methyl sites for hydroxylation is 1. The van der Waals surface area contributed by atoms with Crippen LogP contribution in [0.2, 0.25) is 0 Å². The molecule has 9 heteroatoms. The molecule has 4 N–H and O–H groups in total. The first-order chi connectivity index (χ1) is 20.3. The number of para-hydroxylation sites is 1. The molecule has 0 radical (unpaired) electrons. The molecule has 3 heterocycles. The van der Waals surface area contributed by atoms with Gasteiger partial charge in [-0.15, -0.1) is 0 Å². The number of phenolic OH excluding ortho intramolecular Hbond substituents is 1. The van der Waals surface area contributed by atoms with Crippen LogP contribution in [0.5, 0.6) is 5.75 Å². The Labute approximate surface area is 241 Å². The van der Waals surface area contributed by atoms with Gasteiger partial charge in [0.2, 0.25) is 5.95 Å². The van der Waals surface area contributed by atoms with Crippen molar-refractivity contribution in [3.63, 3.8) is 0 Å². The zero-order valence-corrected chi connectivity index (χ0v) is 22.9. The lowest BCUT2D eigenvalue weighted by Crippen LogP contribution is -2.26. The fourth-order valence-electron chi connectivity index (χ4n) is 5.17. The number of aromatic hydroxyl groups is 1. The lowest BCUT2D eigenvalue weighted by atomic mass is 9.98. The summed E-state index contributed by atoms with van der Waals surface area (Å²) < 4.78 is 15.9. The standard InChI is InChI=1S/C33H27FN6O2/c1-19-15-22(13-14-36-19)25-10-6-7-23-17-28(40(32(42)30(23)25)24-8-4-3-5-9-24)20(2)38-31-26(18-37-33(35)39-31)21-11-12-29(41)27(34)16-21/h3-18,20,41H,1-2H3,(H3,35,37,38,39)/t20-/m0/s1. The van der Waals surface area contributed by atoms with Crippen LogP contribution in [-0.2, 0) is 0 Å². The molecular weight excluding hydrogens is 531 g/mol. The number of nitrogens with zero attached hydrogens (tertiary/aromatic N) is 4. The van der Waals surface area contributed by atoms with E-state index in [1.165, 1.54) is 18.3 Å². The van der Waals surface area contributed by atoms with Crippen molar-refractivity contribution in [1.82, 2.24) is 19.5 Å². The van der Waals surface area contributed by atoms with Gasteiger partial charge < -0.3 is 16.2 Å². The van der Waals surface area contributed by atoms with Gasteiger partial charge >= 0.3 is 0 Å². The fourth-order valence-corrected chi connectivity index (χ4v) is 5.17. The Morgan fingerprint density at radius 2 is 1.71 bits per heavy atom. The van der Waals surface area contributed by atoms with Crippen LogP contribution >= 0.6 is 0 Å². The van der Waals surface area contributed by atoms with Crippen LogP contribution in [0.1, 0.15) is 24.4 Å². The molecule has 0 amide bonds. The minimum Gasteiger partial charge on any atom is -0.505 e. The predicted octanol–water partition coefficient (Wildman–Crippen LogP) is 6.42. The van der Waals surface area contributed by atoms with Gasteiger partial charge in [-0.1, -0.05) is 42.5 Å². The van der Waals surface area contributed by atoms with E-state index < -0.39 is 17.6 Å². The molecule has 0 bridgehead atoms. The number of halogens is 1. The van der Waals surface area contributed by atoms with Crippen molar-refractivity contribution in [3.8, 4) is 33.7 Å². The van der Waals surface area contributed by atoms with Gasteiger partial charge in [0.1, 0.15) is 5.82 Å². The number of phenols is 1. The van der Waals surface area contributed by atoms with Gasteiger partial charge in [-0.2, -0.15) is 4.98 Å². The number of benzene rings is 3. The summed E-state index contributed by atoms with van der Waals surface area (Å²) in [6, 6.07) is 24.7. The average molecular weight is 559 g/mol. The number of nitrogens with one attached hydrogen (secondary N) is 1. The lowest BCUT2D eigenvalue weighted by molar-refractivity contribution is 0.432. The highest BCUT2D eigenvalue weighted by atomic mass is 19.1. The maximum Gasteiger partial charge on any atom is 0.263 e. The van der Waals surface area contributed by atoms with Crippen molar-refractivity contribution in [2.24, 2.45) is 0 Å². The second kappa shape index (κ2) is 10.8. The van der Waals surface area contributed by atoms with Crippen LogP contribution in [0.15, 0.2) is 102 Å². The third-order valence-electron chi connectivity index (χ3n) is 7.16. The maximum absolute atomic E-state index is 14.4. The van der Waals surface area contributed by atoms with E-state index in [1.807, 2.05) is 80.6 Å². The maximum atomic E-state index is 14.4. The molecule has 0 saturated carbocycles. The summed E-state index contributed by atoms with van der Waals surface area (Å²) >= 11 is 0. The number of nitrogens with two attached hydrogens (primary N) is 1. The van der Waals surface area contributed by atoms with Crippen LogP contribution in [-0.4, -0.2) is 24.6 Å². The van der Waals surface area contributed by atoms with Crippen molar-refractivity contribution in [3.05, 3.63) is 125 Å². The zero-order chi connectivity index (χ0) is 29.4. The summed E-state index contributed by atoms with van der Waals surface area (Å²) in [6.45, 7) is 3.83. The number of pyridine rings is 2. The van der Waals surface area contributed by atoms with E-state index in [-0.39, 0.29) is 11.5 Å². The van der Waals surface area contributed by atoms with Crippen molar-refractivity contribution in [2.75, 3.05) is 11.1 Å². The SMILES string of the molecule is Cc1cc(-c2cccc3cc([C@H](C)Nc4nc(N)ncc4-c4ccc(O)c(F)c4)n(-c4ccccc4)c(=O)c23)ccn1. The van der Waals surface area contributed by atoms with Crippen LogP contribution in [0.3, 0.4) is 0 Å². The third kappa shape index (κ3) is 4.92. The first-order valence-corrected chi connectivity index (χ1v) is 13.3. The van der Waals surface area contributed by atoms with Gasteiger partial charge in [-0.3, -0.25) is 14.3 Å².